The van der Waals surface area contributed by atoms with Gasteiger partial charge in [0.15, 0.2) is 0 Å². The van der Waals surface area contributed by atoms with Crippen molar-refractivity contribution >= 4 is 17.5 Å². The SMILES string of the molecule is CC(NC(=O)CCCOc1ccc2c(c1)CCC(=O)N2)c1cccc(OC(F)F)c1. The van der Waals surface area contributed by atoms with Gasteiger partial charge in [-0.05, 0) is 61.2 Å². The molecular formula is C22H24F2N2O4. The van der Waals surface area contributed by atoms with Crippen LogP contribution in [0.1, 0.15) is 43.4 Å². The average molecular weight is 418 g/mol. The molecule has 0 saturated carbocycles. The predicted octanol–water partition coefficient (Wildman–Crippen LogP) is 4.21. The molecule has 30 heavy (non-hydrogen) atoms. The smallest absolute Gasteiger partial charge is 0.387 e. The summed E-state index contributed by atoms with van der Waals surface area (Å²) < 4.78 is 34.8. The van der Waals surface area contributed by atoms with Crippen molar-refractivity contribution < 1.29 is 27.8 Å². The first kappa shape index (κ1) is 21.5. The fraction of sp³-hybridized carbons (Fsp3) is 0.364. The molecule has 3 rings (SSSR count). The summed E-state index contributed by atoms with van der Waals surface area (Å²) in [6.45, 7) is -0.731. The monoisotopic (exact) mass is 418 g/mol. The number of fused-ring (bicyclic) bond motifs is 1. The minimum atomic E-state index is -2.89. The Balaban J connectivity index is 1.41. The molecule has 0 spiro atoms. The number of anilines is 1. The van der Waals surface area contributed by atoms with Crippen LogP contribution in [0.2, 0.25) is 0 Å². The van der Waals surface area contributed by atoms with Crippen LogP contribution < -0.4 is 20.1 Å². The lowest BCUT2D eigenvalue weighted by atomic mass is 10.0. The molecule has 6 nitrogen and oxygen atoms in total. The van der Waals surface area contributed by atoms with Crippen LogP contribution in [0.25, 0.3) is 0 Å². The Morgan fingerprint density at radius 3 is 2.80 bits per heavy atom. The van der Waals surface area contributed by atoms with Crippen LogP contribution in [0.4, 0.5) is 14.5 Å². The Bertz CT molecular complexity index is 904. The fourth-order valence-electron chi connectivity index (χ4n) is 3.23. The number of benzene rings is 2. The summed E-state index contributed by atoms with van der Waals surface area (Å²) >= 11 is 0. The summed E-state index contributed by atoms with van der Waals surface area (Å²) in [5.74, 6) is 0.625. The van der Waals surface area contributed by atoms with Gasteiger partial charge in [-0.3, -0.25) is 9.59 Å². The van der Waals surface area contributed by atoms with E-state index in [1.54, 1.807) is 25.1 Å². The number of alkyl halides is 2. The van der Waals surface area contributed by atoms with E-state index in [1.807, 2.05) is 12.1 Å². The van der Waals surface area contributed by atoms with Crippen molar-refractivity contribution in [2.45, 2.75) is 45.3 Å². The van der Waals surface area contributed by atoms with Crippen molar-refractivity contribution in [1.82, 2.24) is 5.32 Å². The largest absolute Gasteiger partial charge is 0.494 e. The summed E-state index contributed by atoms with van der Waals surface area (Å²) in [6, 6.07) is 11.5. The summed E-state index contributed by atoms with van der Waals surface area (Å²) in [7, 11) is 0. The number of aryl methyl sites for hydroxylation is 1. The van der Waals surface area contributed by atoms with E-state index in [1.165, 1.54) is 12.1 Å². The molecule has 0 bridgehead atoms. The Morgan fingerprint density at radius 1 is 1.17 bits per heavy atom. The number of ether oxygens (including phenoxy) is 2. The number of amides is 2. The highest BCUT2D eigenvalue weighted by atomic mass is 19.3. The Kier molecular flexibility index (Phi) is 7.21. The van der Waals surface area contributed by atoms with Crippen molar-refractivity contribution in [2.75, 3.05) is 11.9 Å². The maximum absolute atomic E-state index is 12.3. The molecule has 0 aromatic heterocycles. The summed E-state index contributed by atoms with van der Waals surface area (Å²) in [6.07, 6.45) is 1.95. The van der Waals surface area contributed by atoms with E-state index >= 15 is 0 Å². The highest BCUT2D eigenvalue weighted by Crippen LogP contribution is 2.27. The molecule has 160 valence electrons. The van der Waals surface area contributed by atoms with Gasteiger partial charge in [0.1, 0.15) is 11.5 Å². The summed E-state index contributed by atoms with van der Waals surface area (Å²) in [5, 5.41) is 5.66. The number of rotatable bonds is 9. The summed E-state index contributed by atoms with van der Waals surface area (Å²) in [5.41, 5.74) is 2.53. The zero-order valence-corrected chi connectivity index (χ0v) is 16.6. The third kappa shape index (κ3) is 6.17. The number of carbonyl (C=O) groups excluding carboxylic acids is 2. The van der Waals surface area contributed by atoms with Gasteiger partial charge in [0.25, 0.3) is 0 Å². The molecule has 2 aromatic carbocycles. The van der Waals surface area contributed by atoms with Gasteiger partial charge in [-0.2, -0.15) is 8.78 Å². The maximum atomic E-state index is 12.3. The van der Waals surface area contributed by atoms with Crippen molar-refractivity contribution in [3.05, 3.63) is 53.6 Å². The molecule has 2 amide bonds. The van der Waals surface area contributed by atoms with Crippen LogP contribution in [0, 0.1) is 0 Å². The van der Waals surface area contributed by atoms with E-state index in [-0.39, 0.29) is 30.0 Å². The first-order valence-corrected chi connectivity index (χ1v) is 9.80. The number of nitrogens with one attached hydrogen (secondary N) is 2. The predicted molar refractivity (Wildman–Crippen MR) is 108 cm³/mol. The van der Waals surface area contributed by atoms with E-state index in [4.69, 9.17) is 4.74 Å². The van der Waals surface area contributed by atoms with Crippen LogP contribution in [0.3, 0.4) is 0 Å². The number of halogens is 2. The normalized spacial score (nSPS) is 13.9. The zero-order chi connectivity index (χ0) is 21.5. The van der Waals surface area contributed by atoms with Gasteiger partial charge in [-0.15, -0.1) is 0 Å². The fourth-order valence-corrected chi connectivity index (χ4v) is 3.23. The van der Waals surface area contributed by atoms with Gasteiger partial charge < -0.3 is 20.1 Å². The zero-order valence-electron chi connectivity index (χ0n) is 16.6. The second-order valence-electron chi connectivity index (χ2n) is 7.06. The van der Waals surface area contributed by atoms with Crippen LogP contribution in [-0.4, -0.2) is 25.0 Å². The molecule has 2 N–H and O–H groups in total. The lowest BCUT2D eigenvalue weighted by Crippen LogP contribution is -2.26. The van der Waals surface area contributed by atoms with Gasteiger partial charge in [-0.1, -0.05) is 12.1 Å². The number of hydrogen-bond donors (Lipinski definition) is 2. The number of carbonyl (C=O) groups is 2. The van der Waals surface area contributed by atoms with Crippen molar-refractivity contribution in [3.8, 4) is 11.5 Å². The van der Waals surface area contributed by atoms with Gasteiger partial charge in [0.05, 0.1) is 12.6 Å². The first-order chi connectivity index (χ1) is 14.4. The van der Waals surface area contributed by atoms with Gasteiger partial charge >= 0.3 is 6.61 Å². The van der Waals surface area contributed by atoms with Crippen molar-refractivity contribution in [3.63, 3.8) is 0 Å². The van der Waals surface area contributed by atoms with Crippen LogP contribution in [0.5, 0.6) is 11.5 Å². The minimum absolute atomic E-state index is 0.0182. The second-order valence-corrected chi connectivity index (χ2v) is 7.06. The molecule has 1 unspecified atom stereocenters. The molecular weight excluding hydrogens is 394 g/mol. The van der Waals surface area contributed by atoms with E-state index in [0.29, 0.717) is 37.2 Å². The minimum Gasteiger partial charge on any atom is -0.494 e. The molecule has 0 aliphatic carbocycles. The average Bonchev–Trinajstić information content (AvgIpc) is 2.71. The molecule has 1 aliphatic heterocycles. The van der Waals surface area contributed by atoms with Crippen LogP contribution in [-0.2, 0) is 16.0 Å². The van der Waals surface area contributed by atoms with Crippen LogP contribution in [0.15, 0.2) is 42.5 Å². The lowest BCUT2D eigenvalue weighted by molar-refractivity contribution is -0.122. The highest BCUT2D eigenvalue weighted by Gasteiger charge is 2.15. The van der Waals surface area contributed by atoms with E-state index < -0.39 is 6.61 Å². The van der Waals surface area contributed by atoms with E-state index in [9.17, 15) is 18.4 Å². The Labute approximate surface area is 173 Å². The van der Waals surface area contributed by atoms with Gasteiger partial charge in [0.2, 0.25) is 11.8 Å². The summed E-state index contributed by atoms with van der Waals surface area (Å²) in [4.78, 5) is 23.6. The third-order valence-electron chi connectivity index (χ3n) is 4.75. The Morgan fingerprint density at radius 2 is 2.00 bits per heavy atom. The second kappa shape index (κ2) is 10.0. The molecule has 1 atom stereocenters. The lowest BCUT2D eigenvalue weighted by Gasteiger charge is -2.18. The highest BCUT2D eigenvalue weighted by molar-refractivity contribution is 5.94. The Hall–Kier alpha value is -3.16. The van der Waals surface area contributed by atoms with Crippen molar-refractivity contribution in [1.29, 1.82) is 0 Å². The quantitative estimate of drug-likeness (QED) is 0.598. The first-order valence-electron chi connectivity index (χ1n) is 9.80. The maximum Gasteiger partial charge on any atom is 0.387 e. The standard InChI is InChI=1S/C22H24F2N2O4/c1-14(15-4-2-5-18(12-15)30-22(23)24)25-20(27)6-3-11-29-17-8-9-19-16(13-17)7-10-21(28)26-19/h2,4-5,8-9,12-14,22H,3,6-7,10-11H2,1H3,(H,25,27)(H,26,28). The number of hydrogen-bond acceptors (Lipinski definition) is 4. The van der Waals surface area contributed by atoms with Crippen molar-refractivity contribution in [2.24, 2.45) is 0 Å². The molecule has 1 aliphatic rings. The topological polar surface area (TPSA) is 76.7 Å². The third-order valence-corrected chi connectivity index (χ3v) is 4.75. The molecule has 8 heteroatoms. The molecule has 1 heterocycles. The molecule has 0 radical (unpaired) electrons. The van der Waals surface area contributed by atoms with Gasteiger partial charge in [-0.25, -0.2) is 0 Å². The van der Waals surface area contributed by atoms with Crippen LogP contribution >= 0.6 is 0 Å². The molecule has 2 aromatic rings. The molecule has 0 fully saturated rings. The van der Waals surface area contributed by atoms with E-state index in [2.05, 4.69) is 15.4 Å². The molecule has 0 saturated heterocycles. The van der Waals surface area contributed by atoms with E-state index in [0.717, 1.165) is 11.3 Å². The van der Waals surface area contributed by atoms with Gasteiger partial charge in [0, 0.05) is 18.5 Å².